The number of rotatable bonds is 4. The van der Waals surface area contributed by atoms with E-state index in [9.17, 15) is 4.79 Å². The highest BCUT2D eigenvalue weighted by Crippen LogP contribution is 2.35. The molecule has 7 nitrogen and oxygen atoms in total. The Morgan fingerprint density at radius 1 is 1.30 bits per heavy atom. The summed E-state index contributed by atoms with van der Waals surface area (Å²) in [6.07, 6.45) is 0. The molecule has 1 N–H and O–H groups in total. The van der Waals surface area contributed by atoms with Crippen LogP contribution in [0.1, 0.15) is 11.4 Å². The van der Waals surface area contributed by atoms with Gasteiger partial charge < -0.3 is 19.2 Å². The quantitative estimate of drug-likeness (QED) is 0.909. The van der Waals surface area contributed by atoms with Gasteiger partial charge in [0.05, 0.1) is 38.5 Å². The Balaban J connectivity index is 2.16. The first kappa shape index (κ1) is 15.8. The monoisotopic (exact) mass is 319 g/mol. The van der Waals surface area contributed by atoms with Crippen LogP contribution in [0.5, 0.6) is 11.5 Å². The van der Waals surface area contributed by atoms with Crippen molar-refractivity contribution in [2.24, 2.45) is 0 Å². The molecular weight excluding hydrogens is 298 g/mol. The molecular formula is C16H21N3O4. The van der Waals surface area contributed by atoms with Crippen LogP contribution in [0.4, 0.5) is 0 Å². The van der Waals surface area contributed by atoms with Crippen LogP contribution < -0.4 is 15.0 Å². The van der Waals surface area contributed by atoms with Gasteiger partial charge in [-0.15, -0.1) is 0 Å². The normalized spacial score (nSPS) is 15.8. The van der Waals surface area contributed by atoms with Gasteiger partial charge in [0.15, 0.2) is 0 Å². The molecule has 1 saturated heterocycles. The minimum atomic E-state index is -0.199. The number of benzene rings is 1. The summed E-state index contributed by atoms with van der Waals surface area (Å²) in [6.45, 7) is 5.49. The zero-order valence-corrected chi connectivity index (χ0v) is 13.6. The molecule has 2 heterocycles. The number of morpholine rings is 1. The molecule has 3 rings (SSSR count). The summed E-state index contributed by atoms with van der Waals surface area (Å²) in [7, 11) is 3.18. The molecule has 2 aromatic rings. The molecule has 23 heavy (non-hydrogen) atoms. The maximum absolute atomic E-state index is 12.4. The molecule has 0 saturated carbocycles. The van der Waals surface area contributed by atoms with Gasteiger partial charge in [0.25, 0.3) is 5.56 Å². The second-order valence-corrected chi connectivity index (χ2v) is 5.52. The van der Waals surface area contributed by atoms with Crippen molar-refractivity contribution >= 4 is 10.9 Å². The van der Waals surface area contributed by atoms with Crippen molar-refractivity contribution in [3.05, 3.63) is 27.8 Å². The van der Waals surface area contributed by atoms with Gasteiger partial charge in [-0.1, -0.05) is 0 Å². The number of nitrogens with one attached hydrogen (secondary N) is 1. The van der Waals surface area contributed by atoms with E-state index in [0.717, 1.165) is 18.7 Å². The number of hydrogen-bond donors (Lipinski definition) is 1. The predicted octanol–water partition coefficient (Wildman–Crippen LogP) is 1.08. The van der Waals surface area contributed by atoms with E-state index in [0.29, 0.717) is 48.0 Å². The molecule has 1 fully saturated rings. The number of fused-ring (bicyclic) bond motifs is 1. The van der Waals surface area contributed by atoms with Crippen molar-refractivity contribution in [1.29, 1.82) is 0 Å². The Morgan fingerprint density at radius 2 is 2.04 bits per heavy atom. The lowest BCUT2D eigenvalue weighted by Crippen LogP contribution is -2.35. The van der Waals surface area contributed by atoms with Crippen molar-refractivity contribution < 1.29 is 14.2 Å². The first-order chi connectivity index (χ1) is 11.1. The Bertz CT molecular complexity index is 766. The van der Waals surface area contributed by atoms with Crippen molar-refractivity contribution in [2.45, 2.75) is 13.5 Å². The van der Waals surface area contributed by atoms with Gasteiger partial charge in [-0.3, -0.25) is 9.69 Å². The fourth-order valence-electron chi connectivity index (χ4n) is 2.95. The maximum atomic E-state index is 12.4. The third-order valence-electron chi connectivity index (χ3n) is 4.04. The van der Waals surface area contributed by atoms with Crippen LogP contribution in [0.25, 0.3) is 10.9 Å². The van der Waals surface area contributed by atoms with Gasteiger partial charge in [0, 0.05) is 25.7 Å². The Hall–Kier alpha value is -2.12. The minimum absolute atomic E-state index is 0.199. The standard InChI is InChI=1S/C16H21N3O4/c1-10-17-12-8-13(21-2)11(9-19-4-6-23-7-5-19)15(22-3)14(12)16(20)18-10/h8H,4-7,9H2,1-3H3,(H,17,18,20). The molecule has 0 amide bonds. The van der Waals surface area contributed by atoms with Crippen molar-refractivity contribution in [2.75, 3.05) is 40.5 Å². The van der Waals surface area contributed by atoms with Gasteiger partial charge in [-0.05, 0) is 6.92 Å². The molecule has 0 aliphatic carbocycles. The number of aromatic amines is 1. The Labute approximate surface area is 134 Å². The number of methoxy groups -OCH3 is 2. The third kappa shape index (κ3) is 3.02. The van der Waals surface area contributed by atoms with E-state index in [1.807, 2.05) is 0 Å². The van der Waals surface area contributed by atoms with E-state index in [4.69, 9.17) is 14.2 Å². The van der Waals surface area contributed by atoms with Gasteiger partial charge >= 0.3 is 0 Å². The first-order valence-corrected chi connectivity index (χ1v) is 7.58. The summed E-state index contributed by atoms with van der Waals surface area (Å²) in [4.78, 5) is 21.8. The average molecular weight is 319 g/mol. The minimum Gasteiger partial charge on any atom is -0.496 e. The lowest BCUT2D eigenvalue weighted by Gasteiger charge is -2.28. The molecule has 1 aromatic carbocycles. The lowest BCUT2D eigenvalue weighted by atomic mass is 10.1. The second-order valence-electron chi connectivity index (χ2n) is 5.52. The molecule has 7 heteroatoms. The zero-order valence-electron chi connectivity index (χ0n) is 13.6. The highest BCUT2D eigenvalue weighted by atomic mass is 16.5. The fraction of sp³-hybridized carbons (Fsp3) is 0.500. The largest absolute Gasteiger partial charge is 0.496 e. The van der Waals surface area contributed by atoms with E-state index in [-0.39, 0.29) is 5.56 Å². The summed E-state index contributed by atoms with van der Waals surface area (Å²) in [5.41, 5.74) is 1.24. The molecule has 0 bridgehead atoms. The highest BCUT2D eigenvalue weighted by molar-refractivity contribution is 5.88. The smallest absolute Gasteiger partial charge is 0.262 e. The van der Waals surface area contributed by atoms with Gasteiger partial charge in [-0.2, -0.15) is 0 Å². The predicted molar refractivity (Wildman–Crippen MR) is 86.3 cm³/mol. The van der Waals surface area contributed by atoms with E-state index in [1.54, 1.807) is 27.2 Å². The molecule has 0 radical (unpaired) electrons. The van der Waals surface area contributed by atoms with E-state index in [2.05, 4.69) is 14.9 Å². The molecule has 0 spiro atoms. The number of hydrogen-bond acceptors (Lipinski definition) is 6. The van der Waals surface area contributed by atoms with Gasteiger partial charge in [0.1, 0.15) is 22.7 Å². The number of ether oxygens (including phenoxy) is 3. The molecule has 1 aromatic heterocycles. The van der Waals surface area contributed by atoms with Crippen molar-refractivity contribution in [3.8, 4) is 11.5 Å². The maximum Gasteiger partial charge on any atom is 0.262 e. The molecule has 124 valence electrons. The van der Waals surface area contributed by atoms with E-state index >= 15 is 0 Å². The van der Waals surface area contributed by atoms with E-state index < -0.39 is 0 Å². The van der Waals surface area contributed by atoms with Crippen LogP contribution >= 0.6 is 0 Å². The van der Waals surface area contributed by atoms with Crippen LogP contribution in [0.3, 0.4) is 0 Å². The summed E-state index contributed by atoms with van der Waals surface area (Å²) in [5.74, 6) is 1.77. The number of aryl methyl sites for hydroxylation is 1. The van der Waals surface area contributed by atoms with Crippen molar-refractivity contribution in [1.82, 2.24) is 14.9 Å². The summed E-state index contributed by atoms with van der Waals surface area (Å²) in [5, 5.41) is 0.460. The topological polar surface area (TPSA) is 76.7 Å². The molecule has 0 atom stereocenters. The number of nitrogens with zero attached hydrogens (tertiary/aromatic N) is 2. The molecule has 1 aliphatic heterocycles. The average Bonchev–Trinajstić information content (AvgIpc) is 2.55. The second kappa shape index (κ2) is 6.55. The first-order valence-electron chi connectivity index (χ1n) is 7.58. The van der Waals surface area contributed by atoms with E-state index in [1.165, 1.54) is 0 Å². The Kier molecular flexibility index (Phi) is 4.49. The van der Waals surface area contributed by atoms with Gasteiger partial charge in [-0.25, -0.2) is 4.98 Å². The summed E-state index contributed by atoms with van der Waals surface area (Å²) in [6, 6.07) is 1.80. The third-order valence-corrected chi connectivity index (χ3v) is 4.04. The molecule has 1 aliphatic rings. The van der Waals surface area contributed by atoms with Gasteiger partial charge in [0.2, 0.25) is 0 Å². The fourth-order valence-corrected chi connectivity index (χ4v) is 2.95. The zero-order chi connectivity index (χ0) is 16.4. The lowest BCUT2D eigenvalue weighted by molar-refractivity contribution is 0.0336. The van der Waals surface area contributed by atoms with Crippen molar-refractivity contribution in [3.63, 3.8) is 0 Å². The summed E-state index contributed by atoms with van der Waals surface area (Å²) < 4.78 is 16.5. The SMILES string of the molecule is COc1cc2nc(C)[nH]c(=O)c2c(OC)c1CN1CCOCC1. The molecule has 0 unspecified atom stereocenters. The number of aromatic nitrogens is 2. The number of H-pyrrole nitrogens is 1. The van der Waals surface area contributed by atoms with Crippen LogP contribution in [-0.4, -0.2) is 55.4 Å². The van der Waals surface area contributed by atoms with Crippen LogP contribution in [-0.2, 0) is 11.3 Å². The van der Waals surface area contributed by atoms with Crippen LogP contribution in [0.2, 0.25) is 0 Å². The summed E-state index contributed by atoms with van der Waals surface area (Å²) >= 11 is 0. The van der Waals surface area contributed by atoms with Crippen LogP contribution in [0, 0.1) is 6.92 Å². The van der Waals surface area contributed by atoms with Crippen LogP contribution in [0.15, 0.2) is 10.9 Å². The highest BCUT2D eigenvalue weighted by Gasteiger charge is 2.21. The Morgan fingerprint density at radius 3 is 2.70 bits per heavy atom.